The SMILES string of the molecule is O=c1ccc(-c2ccc(CNS(=O)O)cc2)cn1Cc1ccc(F)c(F)c1. The molecule has 1 aromatic heterocycles. The largest absolute Gasteiger partial charge is 0.310 e. The molecule has 3 rings (SSSR count). The second-order valence-corrected chi connectivity index (χ2v) is 6.69. The summed E-state index contributed by atoms with van der Waals surface area (Å²) in [5.74, 6) is -1.89. The summed E-state index contributed by atoms with van der Waals surface area (Å²) in [5, 5.41) is 0. The molecule has 140 valence electrons. The molecular formula is C19H16F2N2O3S. The van der Waals surface area contributed by atoms with Crippen LogP contribution in [0.1, 0.15) is 11.1 Å². The van der Waals surface area contributed by atoms with Crippen LogP contribution >= 0.6 is 0 Å². The molecule has 0 aliphatic rings. The fraction of sp³-hybridized carbons (Fsp3) is 0.105. The van der Waals surface area contributed by atoms with E-state index >= 15 is 0 Å². The topological polar surface area (TPSA) is 71.3 Å². The minimum absolute atomic E-state index is 0.119. The van der Waals surface area contributed by atoms with Gasteiger partial charge in [-0.2, -0.15) is 0 Å². The van der Waals surface area contributed by atoms with Crippen molar-refractivity contribution in [1.82, 2.24) is 9.29 Å². The van der Waals surface area contributed by atoms with Crippen LogP contribution in [0.4, 0.5) is 8.78 Å². The minimum Gasteiger partial charge on any atom is -0.310 e. The van der Waals surface area contributed by atoms with Gasteiger partial charge in [-0.3, -0.25) is 9.35 Å². The number of hydrogen-bond acceptors (Lipinski definition) is 2. The van der Waals surface area contributed by atoms with Gasteiger partial charge in [-0.25, -0.2) is 17.7 Å². The lowest BCUT2D eigenvalue weighted by atomic mass is 10.1. The van der Waals surface area contributed by atoms with Gasteiger partial charge in [-0.05, 0) is 40.5 Å². The van der Waals surface area contributed by atoms with E-state index < -0.39 is 22.9 Å². The summed E-state index contributed by atoms with van der Waals surface area (Å²) in [6.45, 7) is 0.368. The average Bonchev–Trinajstić information content (AvgIpc) is 2.65. The molecule has 0 saturated carbocycles. The monoisotopic (exact) mass is 390 g/mol. The third-order valence-corrected chi connectivity index (χ3v) is 4.40. The van der Waals surface area contributed by atoms with E-state index in [1.54, 1.807) is 24.4 Å². The van der Waals surface area contributed by atoms with Gasteiger partial charge in [0.1, 0.15) is 0 Å². The van der Waals surface area contributed by atoms with Crippen molar-refractivity contribution >= 4 is 11.3 Å². The van der Waals surface area contributed by atoms with Crippen LogP contribution in [0.15, 0.2) is 65.6 Å². The van der Waals surface area contributed by atoms with Crippen LogP contribution in [0, 0.1) is 11.6 Å². The van der Waals surface area contributed by atoms with Gasteiger partial charge < -0.3 is 4.57 Å². The van der Waals surface area contributed by atoms with E-state index in [1.165, 1.54) is 16.7 Å². The van der Waals surface area contributed by atoms with E-state index in [0.717, 1.165) is 28.8 Å². The van der Waals surface area contributed by atoms with Crippen LogP contribution in [-0.2, 0) is 24.4 Å². The molecule has 0 fully saturated rings. The Kier molecular flexibility index (Phi) is 5.90. The Morgan fingerprint density at radius 3 is 2.26 bits per heavy atom. The second kappa shape index (κ2) is 8.34. The second-order valence-electron chi connectivity index (χ2n) is 5.90. The zero-order valence-electron chi connectivity index (χ0n) is 14.1. The van der Waals surface area contributed by atoms with Gasteiger partial charge in [-0.1, -0.05) is 30.3 Å². The first-order chi connectivity index (χ1) is 12.9. The maximum Gasteiger partial charge on any atom is 0.250 e. The van der Waals surface area contributed by atoms with Crippen LogP contribution in [0.25, 0.3) is 11.1 Å². The zero-order valence-corrected chi connectivity index (χ0v) is 14.9. The quantitative estimate of drug-likeness (QED) is 0.636. The summed E-state index contributed by atoms with van der Waals surface area (Å²) in [7, 11) is 0. The van der Waals surface area contributed by atoms with Crippen LogP contribution in [0.5, 0.6) is 0 Å². The highest BCUT2D eigenvalue weighted by atomic mass is 32.2. The Morgan fingerprint density at radius 2 is 1.59 bits per heavy atom. The molecule has 1 heterocycles. The van der Waals surface area contributed by atoms with Gasteiger partial charge in [0, 0.05) is 18.8 Å². The lowest BCUT2D eigenvalue weighted by Gasteiger charge is -2.10. The van der Waals surface area contributed by atoms with Crippen molar-refractivity contribution in [2.45, 2.75) is 13.1 Å². The lowest BCUT2D eigenvalue weighted by Crippen LogP contribution is -2.19. The highest BCUT2D eigenvalue weighted by molar-refractivity contribution is 7.77. The first-order valence-electron chi connectivity index (χ1n) is 8.00. The summed E-state index contributed by atoms with van der Waals surface area (Å²) >= 11 is -2.07. The van der Waals surface area contributed by atoms with E-state index in [9.17, 15) is 17.8 Å². The van der Waals surface area contributed by atoms with Gasteiger partial charge in [0.05, 0.1) is 6.54 Å². The van der Waals surface area contributed by atoms with Crippen molar-refractivity contribution in [3.05, 3.63) is 93.9 Å². The molecule has 0 amide bonds. The van der Waals surface area contributed by atoms with Crippen molar-refractivity contribution in [2.24, 2.45) is 0 Å². The number of nitrogens with one attached hydrogen (secondary N) is 1. The smallest absolute Gasteiger partial charge is 0.250 e. The summed E-state index contributed by atoms with van der Waals surface area (Å²) in [6.07, 6.45) is 1.65. The Morgan fingerprint density at radius 1 is 0.926 bits per heavy atom. The van der Waals surface area contributed by atoms with Crippen molar-refractivity contribution in [1.29, 1.82) is 0 Å². The van der Waals surface area contributed by atoms with E-state index in [0.29, 0.717) is 5.56 Å². The third-order valence-electron chi connectivity index (χ3n) is 4.01. The zero-order chi connectivity index (χ0) is 19.4. The first kappa shape index (κ1) is 19.1. The number of halogens is 2. The molecule has 1 unspecified atom stereocenters. The summed E-state index contributed by atoms with van der Waals surface area (Å²) < 4.78 is 49.6. The summed E-state index contributed by atoms with van der Waals surface area (Å²) in [6, 6.07) is 13.9. The maximum absolute atomic E-state index is 13.4. The fourth-order valence-corrected chi connectivity index (χ4v) is 2.91. The van der Waals surface area contributed by atoms with Crippen LogP contribution in [0.3, 0.4) is 0 Å². The fourth-order valence-electron chi connectivity index (χ4n) is 2.62. The molecule has 0 aliphatic carbocycles. The average molecular weight is 390 g/mol. The molecule has 5 nitrogen and oxygen atoms in total. The number of rotatable bonds is 6. The molecule has 0 aliphatic heterocycles. The minimum atomic E-state index is -2.07. The Labute approximate surface area is 156 Å². The Bertz CT molecular complexity index is 1040. The molecule has 1 atom stereocenters. The van der Waals surface area contributed by atoms with Gasteiger partial charge in [-0.15, -0.1) is 0 Å². The van der Waals surface area contributed by atoms with Crippen LogP contribution in [0.2, 0.25) is 0 Å². The highest BCUT2D eigenvalue weighted by Crippen LogP contribution is 2.19. The van der Waals surface area contributed by atoms with E-state index in [4.69, 9.17) is 4.55 Å². The molecule has 0 bridgehead atoms. The molecule has 8 heteroatoms. The van der Waals surface area contributed by atoms with Gasteiger partial charge in [0.15, 0.2) is 11.6 Å². The van der Waals surface area contributed by atoms with E-state index in [1.807, 2.05) is 12.1 Å². The van der Waals surface area contributed by atoms with Crippen molar-refractivity contribution < 1.29 is 17.5 Å². The van der Waals surface area contributed by atoms with E-state index in [-0.39, 0.29) is 18.6 Å². The number of hydrogen-bond donors (Lipinski definition) is 2. The summed E-state index contributed by atoms with van der Waals surface area (Å²) in [4.78, 5) is 12.1. The van der Waals surface area contributed by atoms with Crippen molar-refractivity contribution in [3.8, 4) is 11.1 Å². The number of pyridine rings is 1. The van der Waals surface area contributed by atoms with Crippen LogP contribution in [-0.4, -0.2) is 13.3 Å². The summed E-state index contributed by atoms with van der Waals surface area (Å²) in [5.41, 5.74) is 2.68. The molecule has 3 aromatic rings. The maximum atomic E-state index is 13.4. The molecule has 0 spiro atoms. The molecule has 0 radical (unpaired) electrons. The number of nitrogens with zero attached hydrogens (tertiary/aromatic N) is 1. The molecule has 2 aromatic carbocycles. The molecule has 2 N–H and O–H groups in total. The van der Waals surface area contributed by atoms with Crippen molar-refractivity contribution in [2.75, 3.05) is 0 Å². The Balaban J connectivity index is 1.83. The Hall–Kier alpha value is -2.68. The predicted molar refractivity (Wildman–Crippen MR) is 99.2 cm³/mol. The molecule has 27 heavy (non-hydrogen) atoms. The molecular weight excluding hydrogens is 374 g/mol. The normalized spacial score (nSPS) is 12.1. The van der Waals surface area contributed by atoms with Gasteiger partial charge in [0.25, 0.3) is 5.56 Å². The predicted octanol–water partition coefficient (Wildman–Crippen LogP) is 3.07. The molecule has 0 saturated heterocycles. The van der Waals surface area contributed by atoms with Gasteiger partial charge in [0.2, 0.25) is 11.3 Å². The standard InChI is InChI=1S/C19H16F2N2O3S/c20-17-7-3-14(9-18(17)21)11-23-12-16(6-8-19(23)24)15-4-1-13(2-5-15)10-22-27(25)26/h1-9,12,22H,10-11H2,(H,25,26). The number of benzene rings is 2. The number of aromatic nitrogens is 1. The van der Waals surface area contributed by atoms with Crippen LogP contribution < -0.4 is 10.3 Å². The van der Waals surface area contributed by atoms with Gasteiger partial charge >= 0.3 is 0 Å². The third kappa shape index (κ3) is 4.94. The van der Waals surface area contributed by atoms with E-state index in [2.05, 4.69) is 4.72 Å². The highest BCUT2D eigenvalue weighted by Gasteiger charge is 2.06. The lowest BCUT2D eigenvalue weighted by molar-refractivity contribution is 0.506. The van der Waals surface area contributed by atoms with Crippen molar-refractivity contribution in [3.63, 3.8) is 0 Å². The first-order valence-corrected chi connectivity index (χ1v) is 9.11.